The number of hydrogen-bond donors (Lipinski definition) is 0. The molecule has 7 aromatic rings. The number of carbonyl (C=O) groups is 1. The maximum Gasteiger partial charge on any atom is 3.00 e. The molecule has 53 heavy (non-hydrogen) atoms. The van der Waals surface area contributed by atoms with Gasteiger partial charge in [0, 0.05) is 5.97 Å². The average molecular weight is 728 g/mol. The maximum absolute atomic E-state index is 8.89. The molecule has 0 fully saturated rings. The van der Waals surface area contributed by atoms with Crippen LogP contribution in [0.2, 0.25) is 0 Å². The maximum atomic E-state index is 8.89. The van der Waals surface area contributed by atoms with E-state index in [9.17, 15) is 0 Å². The molecule has 9 rings (SSSR count). The van der Waals surface area contributed by atoms with Crippen molar-refractivity contribution in [1.82, 2.24) is 19.9 Å². The predicted octanol–water partition coefficient (Wildman–Crippen LogP) is 9.34. The smallest absolute Gasteiger partial charge is 0.657 e. The summed E-state index contributed by atoms with van der Waals surface area (Å²) in [6, 6.07) is 50.0. The second-order valence-electron chi connectivity index (χ2n) is 12.3. The van der Waals surface area contributed by atoms with Gasteiger partial charge in [-0.3, -0.25) is 0 Å². The summed E-state index contributed by atoms with van der Waals surface area (Å²) < 4.78 is 0. The van der Waals surface area contributed by atoms with Crippen molar-refractivity contribution in [1.29, 1.82) is 0 Å². The first kappa shape index (κ1) is 34.9. The Morgan fingerprint density at radius 2 is 0.623 bits per heavy atom. The van der Waals surface area contributed by atoms with Gasteiger partial charge in [-0.1, -0.05) is 146 Å². The van der Waals surface area contributed by atoms with Crippen molar-refractivity contribution in [3.05, 3.63) is 168 Å². The van der Waals surface area contributed by atoms with E-state index in [2.05, 4.69) is 146 Å². The summed E-state index contributed by atoms with van der Waals surface area (Å²) in [4.78, 5) is 30.1. The molecule has 0 saturated carbocycles. The van der Waals surface area contributed by atoms with Crippen LogP contribution in [0.1, 0.15) is 29.7 Å². The van der Waals surface area contributed by atoms with Crippen LogP contribution in [0, 0.1) is 0 Å². The third-order valence-corrected chi connectivity index (χ3v) is 8.86. The topological polar surface area (TPSA) is 94.1 Å². The summed E-state index contributed by atoms with van der Waals surface area (Å²) in [5, 5.41) is 8.89. The van der Waals surface area contributed by atoms with Gasteiger partial charge in [-0.05, 0) is 75.7 Å². The molecule has 7 heteroatoms. The molecule has 2 aliphatic heterocycles. The molecular weight excluding hydrogens is 696 g/mol. The Morgan fingerprint density at radius 1 is 0.415 bits per heavy atom. The van der Waals surface area contributed by atoms with Crippen LogP contribution in [0.3, 0.4) is 0 Å². The second-order valence-corrected chi connectivity index (χ2v) is 12.3. The molecule has 6 nitrogen and oxygen atoms in total. The van der Waals surface area contributed by atoms with Crippen LogP contribution in [0.15, 0.2) is 146 Å². The molecule has 1 radical (unpaired) electrons. The number of nitrogens with zero attached hydrogens (tertiary/aromatic N) is 4. The summed E-state index contributed by atoms with van der Waals surface area (Å²) in [5.74, 6) is -1.08. The normalized spacial score (nSPS) is 11.3. The number of carboxylic acids is 1. The molecule has 2 aliphatic rings. The van der Waals surface area contributed by atoms with Crippen LogP contribution in [0.25, 0.3) is 90.9 Å². The Morgan fingerprint density at radius 3 is 0.830 bits per heavy atom. The van der Waals surface area contributed by atoms with Crippen molar-refractivity contribution in [3.8, 4) is 44.5 Å². The molecule has 4 aromatic carbocycles. The summed E-state index contributed by atoms with van der Waals surface area (Å²) in [6.45, 7) is 0.972. The number of aliphatic carboxylic acids is 1. The Labute approximate surface area is 317 Å². The van der Waals surface area contributed by atoms with Gasteiger partial charge < -0.3 is 19.9 Å². The van der Waals surface area contributed by atoms with Crippen LogP contribution in [-0.4, -0.2) is 15.9 Å². The minimum absolute atomic E-state index is 0. The Hall–Kier alpha value is -6.53. The molecule has 255 valence electrons. The van der Waals surface area contributed by atoms with Gasteiger partial charge >= 0.3 is 17.1 Å². The van der Waals surface area contributed by atoms with Crippen molar-refractivity contribution >= 4 is 52.3 Å². The van der Waals surface area contributed by atoms with Crippen LogP contribution in [0.4, 0.5) is 0 Å². The third-order valence-electron chi connectivity index (χ3n) is 8.86. The van der Waals surface area contributed by atoms with E-state index in [-0.39, 0.29) is 17.1 Å². The number of aromatic nitrogens is 4. The molecule has 0 saturated heterocycles. The number of carbonyl (C=O) groups excluding carboxylic acids is 1. The van der Waals surface area contributed by atoms with Gasteiger partial charge in [-0.15, -0.1) is 22.1 Å². The molecule has 0 spiro atoms. The van der Waals surface area contributed by atoms with E-state index in [4.69, 9.17) is 29.8 Å². The molecule has 0 N–H and O–H groups in total. The van der Waals surface area contributed by atoms with Gasteiger partial charge in [0.25, 0.3) is 0 Å². The Kier molecular flexibility index (Phi) is 10.1. The van der Waals surface area contributed by atoms with Gasteiger partial charge in [-0.2, -0.15) is 0 Å². The van der Waals surface area contributed by atoms with Crippen LogP contribution >= 0.6 is 0 Å². The van der Waals surface area contributed by atoms with Crippen molar-refractivity contribution in [2.24, 2.45) is 0 Å². The van der Waals surface area contributed by atoms with Crippen LogP contribution in [-0.2, 0) is 21.9 Å². The van der Waals surface area contributed by atoms with Crippen molar-refractivity contribution in [3.63, 3.8) is 0 Å². The molecule has 8 bridgehead atoms. The van der Waals surface area contributed by atoms with Crippen LogP contribution in [0.5, 0.6) is 0 Å². The van der Waals surface area contributed by atoms with Crippen molar-refractivity contribution in [2.45, 2.75) is 6.92 Å². The molecule has 0 unspecified atom stereocenters. The molecular formula is C46H31FeN4O2. The van der Waals surface area contributed by atoms with E-state index in [1.807, 2.05) is 24.3 Å². The zero-order chi connectivity index (χ0) is 35.4. The Bertz CT molecular complexity index is 2290. The molecule has 0 atom stereocenters. The summed E-state index contributed by atoms with van der Waals surface area (Å²) >= 11 is 0. The first-order valence-corrected chi connectivity index (χ1v) is 17.0. The van der Waals surface area contributed by atoms with E-state index < -0.39 is 5.97 Å². The van der Waals surface area contributed by atoms with E-state index >= 15 is 0 Å². The van der Waals surface area contributed by atoms with Gasteiger partial charge in [0.05, 0.1) is 22.8 Å². The molecule has 3 aromatic heterocycles. The summed E-state index contributed by atoms with van der Waals surface area (Å²) in [6.07, 6.45) is 8.41. The van der Waals surface area contributed by atoms with Gasteiger partial charge in [0.2, 0.25) is 0 Å². The molecule has 0 amide bonds. The van der Waals surface area contributed by atoms with E-state index in [0.717, 1.165) is 96.3 Å². The quantitative estimate of drug-likeness (QED) is 0.168. The zero-order valence-electron chi connectivity index (χ0n) is 28.6. The number of benzene rings is 4. The number of hydrogen-bond acceptors (Lipinski definition) is 4. The van der Waals surface area contributed by atoms with Gasteiger partial charge in [0.1, 0.15) is 0 Å². The fourth-order valence-corrected chi connectivity index (χ4v) is 6.69. The minimum atomic E-state index is -1.08. The van der Waals surface area contributed by atoms with Crippen LogP contribution < -0.4 is 15.1 Å². The monoisotopic (exact) mass is 727 g/mol. The fourth-order valence-electron chi connectivity index (χ4n) is 6.69. The number of rotatable bonds is 4. The zero-order valence-corrected chi connectivity index (χ0v) is 29.7. The summed E-state index contributed by atoms with van der Waals surface area (Å²) in [7, 11) is 0. The van der Waals surface area contributed by atoms with E-state index in [1.54, 1.807) is 0 Å². The second kappa shape index (κ2) is 15.4. The van der Waals surface area contributed by atoms with Crippen molar-refractivity contribution < 1.29 is 27.0 Å². The van der Waals surface area contributed by atoms with E-state index in [0.29, 0.717) is 0 Å². The molecule has 0 aliphatic carbocycles. The first-order chi connectivity index (χ1) is 25.5. The van der Waals surface area contributed by atoms with Gasteiger partial charge in [0.15, 0.2) is 0 Å². The predicted molar refractivity (Wildman–Crippen MR) is 209 cm³/mol. The van der Waals surface area contributed by atoms with E-state index in [1.165, 1.54) is 0 Å². The number of fused-ring (bicyclic) bond motifs is 8. The largest absolute Gasteiger partial charge is 3.00 e. The van der Waals surface area contributed by atoms with Gasteiger partial charge in [-0.25, -0.2) is 9.97 Å². The number of carboxylic acid groups (broad SMARTS) is 1. The minimum Gasteiger partial charge on any atom is -0.657 e. The Balaban J connectivity index is 0.000000831. The summed E-state index contributed by atoms with van der Waals surface area (Å²) in [5.41, 5.74) is 15.0. The first-order valence-electron chi connectivity index (χ1n) is 17.0. The fraction of sp³-hybridized carbons (Fsp3) is 0.0217. The third kappa shape index (κ3) is 7.17. The van der Waals surface area contributed by atoms with Crippen molar-refractivity contribution in [2.75, 3.05) is 0 Å². The molecule has 5 heterocycles. The average Bonchev–Trinajstić information content (AvgIpc) is 4.01. The SMILES string of the molecule is C1=Cc2nc1c(-c1ccccc1)c1ccc([n-]1)c(-c1ccccc1)c1nc(c(-c3ccccc3)c3ccc([n-]3)c2-c2ccccc2)C=C1.CC(=O)[O-].[Fe+3]. The standard InChI is InChI=1S/C44H28N4.C2H4O2.Fe/c1-5-13-29(14-6-1)41-33-21-23-35(45-33)42(30-15-7-2-8-16-30)37-25-27-39(47-37)44(32-19-11-4-12-20-32)40-28-26-38(48-40)43(31-17-9-3-10-18-31)36-24-22-34(41)46-36;1-2(3)4;/h1-28H;1H3,(H,3,4);/q-2;;+3/p-1.